The molecule has 2 aromatic rings. The molecule has 0 saturated heterocycles. The molecule has 18 heavy (non-hydrogen) atoms. The van der Waals surface area contributed by atoms with E-state index >= 15 is 0 Å². The number of nitrogens with zero attached hydrogens (tertiary/aromatic N) is 2. The zero-order chi connectivity index (χ0) is 12.8. The summed E-state index contributed by atoms with van der Waals surface area (Å²) < 4.78 is 5.12. The number of aryl methyl sites for hydroxylation is 1. The maximum absolute atomic E-state index is 5.12. The summed E-state index contributed by atoms with van der Waals surface area (Å²) in [7, 11) is 0. The molecule has 3 heteroatoms. The minimum absolute atomic E-state index is 0.847. The van der Waals surface area contributed by atoms with Crippen molar-refractivity contribution in [1.82, 2.24) is 10.1 Å². The van der Waals surface area contributed by atoms with Crippen LogP contribution in [0, 0.1) is 6.92 Å². The Balaban J connectivity index is 1.99. The van der Waals surface area contributed by atoms with E-state index in [1.54, 1.807) is 0 Å². The molecule has 0 amide bonds. The molecule has 1 heterocycles. The van der Waals surface area contributed by atoms with Gasteiger partial charge in [-0.15, -0.1) is 0 Å². The van der Waals surface area contributed by atoms with Crippen molar-refractivity contribution < 1.29 is 4.52 Å². The molecule has 0 aliphatic rings. The molecule has 0 radical (unpaired) electrons. The van der Waals surface area contributed by atoms with Gasteiger partial charge in [-0.1, -0.05) is 42.4 Å². The Morgan fingerprint density at radius 2 is 1.94 bits per heavy atom. The molecule has 3 nitrogen and oxygen atoms in total. The number of aromatic nitrogens is 1. The van der Waals surface area contributed by atoms with Crippen LogP contribution in [-0.2, 0) is 13.1 Å². The lowest BCUT2D eigenvalue weighted by molar-refractivity contribution is 0.248. The average Bonchev–Trinajstić information content (AvgIpc) is 2.76. The van der Waals surface area contributed by atoms with Gasteiger partial charge < -0.3 is 4.52 Å². The summed E-state index contributed by atoms with van der Waals surface area (Å²) in [5.41, 5.74) is 2.35. The van der Waals surface area contributed by atoms with E-state index in [1.165, 1.54) is 5.56 Å². The summed E-state index contributed by atoms with van der Waals surface area (Å²) in [6.45, 7) is 7.01. The van der Waals surface area contributed by atoms with Gasteiger partial charge in [-0.05, 0) is 25.5 Å². The van der Waals surface area contributed by atoms with E-state index in [1.807, 2.05) is 13.0 Å². The maximum Gasteiger partial charge on any atom is 0.133 e. The molecule has 96 valence electrons. The maximum atomic E-state index is 5.12. The van der Waals surface area contributed by atoms with Crippen molar-refractivity contribution in [2.24, 2.45) is 0 Å². The summed E-state index contributed by atoms with van der Waals surface area (Å²) >= 11 is 0. The summed E-state index contributed by atoms with van der Waals surface area (Å²) in [5, 5.41) is 4.06. The van der Waals surface area contributed by atoms with Crippen LogP contribution in [0.3, 0.4) is 0 Å². The molecule has 1 aromatic carbocycles. The van der Waals surface area contributed by atoms with Gasteiger partial charge in [0.15, 0.2) is 0 Å². The summed E-state index contributed by atoms with van der Waals surface area (Å²) in [6.07, 6.45) is 1.14. The minimum Gasteiger partial charge on any atom is -0.361 e. The zero-order valence-electron chi connectivity index (χ0n) is 11.1. The topological polar surface area (TPSA) is 29.3 Å². The highest BCUT2D eigenvalue weighted by Gasteiger charge is 2.09. The lowest BCUT2D eigenvalue weighted by Gasteiger charge is -2.20. The van der Waals surface area contributed by atoms with E-state index in [9.17, 15) is 0 Å². The predicted molar refractivity (Wildman–Crippen MR) is 72.1 cm³/mol. The Kier molecular flexibility index (Phi) is 4.53. The second-order valence-electron chi connectivity index (χ2n) is 4.63. The van der Waals surface area contributed by atoms with Crippen molar-refractivity contribution >= 4 is 0 Å². The molecule has 0 spiro atoms. The monoisotopic (exact) mass is 244 g/mol. The first kappa shape index (κ1) is 12.8. The molecule has 0 aliphatic heterocycles. The molecule has 2 rings (SSSR count). The molecule has 0 bridgehead atoms. The van der Waals surface area contributed by atoms with Crippen molar-refractivity contribution in [1.29, 1.82) is 0 Å². The van der Waals surface area contributed by atoms with Gasteiger partial charge in [0.05, 0.1) is 5.69 Å². The van der Waals surface area contributed by atoms with Gasteiger partial charge in [0.2, 0.25) is 0 Å². The molecule has 0 N–H and O–H groups in total. The Labute approximate surface area is 108 Å². The summed E-state index contributed by atoms with van der Waals surface area (Å²) in [5.74, 6) is 0.876. The third kappa shape index (κ3) is 3.70. The van der Waals surface area contributed by atoms with Crippen molar-refractivity contribution in [2.75, 3.05) is 6.54 Å². The van der Waals surface area contributed by atoms with Crippen molar-refractivity contribution in [3.8, 4) is 0 Å². The average molecular weight is 244 g/mol. The number of hydrogen-bond acceptors (Lipinski definition) is 3. The Morgan fingerprint density at radius 3 is 2.56 bits per heavy atom. The highest BCUT2D eigenvalue weighted by atomic mass is 16.5. The highest BCUT2D eigenvalue weighted by Crippen LogP contribution is 2.10. The van der Waals surface area contributed by atoms with Gasteiger partial charge in [0.1, 0.15) is 5.76 Å². The van der Waals surface area contributed by atoms with Crippen LogP contribution < -0.4 is 0 Å². The zero-order valence-corrected chi connectivity index (χ0v) is 11.1. The van der Waals surface area contributed by atoms with E-state index in [-0.39, 0.29) is 0 Å². The van der Waals surface area contributed by atoms with Gasteiger partial charge in [0.25, 0.3) is 0 Å². The second kappa shape index (κ2) is 6.36. The second-order valence-corrected chi connectivity index (χ2v) is 4.63. The van der Waals surface area contributed by atoms with Crippen LogP contribution in [0.25, 0.3) is 0 Å². The highest BCUT2D eigenvalue weighted by molar-refractivity contribution is 5.14. The van der Waals surface area contributed by atoms with Gasteiger partial charge in [0, 0.05) is 19.2 Å². The Bertz CT molecular complexity index is 464. The van der Waals surface area contributed by atoms with Gasteiger partial charge in [-0.2, -0.15) is 0 Å². The first-order valence-electron chi connectivity index (χ1n) is 6.46. The number of hydrogen-bond donors (Lipinski definition) is 0. The number of rotatable bonds is 6. The normalized spacial score (nSPS) is 11.1. The van der Waals surface area contributed by atoms with E-state index in [0.29, 0.717) is 0 Å². The standard InChI is InChI=1S/C15H20N2O/c1-3-9-17(11-14-7-5-4-6-8-14)12-15-10-13(2)18-16-15/h4-8,10H,3,9,11-12H2,1-2H3. The van der Waals surface area contributed by atoms with E-state index < -0.39 is 0 Å². The fraction of sp³-hybridized carbons (Fsp3) is 0.400. The van der Waals surface area contributed by atoms with Gasteiger partial charge >= 0.3 is 0 Å². The lowest BCUT2D eigenvalue weighted by atomic mass is 10.2. The van der Waals surface area contributed by atoms with Crippen LogP contribution in [0.1, 0.15) is 30.4 Å². The van der Waals surface area contributed by atoms with E-state index in [0.717, 1.165) is 37.5 Å². The molecule has 0 unspecified atom stereocenters. The third-order valence-electron chi connectivity index (χ3n) is 2.85. The fourth-order valence-corrected chi connectivity index (χ4v) is 2.09. The Hall–Kier alpha value is -1.61. The van der Waals surface area contributed by atoms with Crippen LogP contribution in [0.5, 0.6) is 0 Å². The molecular formula is C15H20N2O. The van der Waals surface area contributed by atoms with E-state index in [2.05, 4.69) is 47.3 Å². The molecule has 0 fully saturated rings. The summed E-state index contributed by atoms with van der Waals surface area (Å²) in [6, 6.07) is 12.6. The van der Waals surface area contributed by atoms with Gasteiger partial charge in [-0.25, -0.2) is 0 Å². The first-order chi connectivity index (χ1) is 8.78. The van der Waals surface area contributed by atoms with Crippen LogP contribution in [0.2, 0.25) is 0 Å². The summed E-state index contributed by atoms with van der Waals surface area (Å²) in [4.78, 5) is 2.40. The SMILES string of the molecule is CCCN(Cc1ccccc1)Cc1cc(C)on1. The quantitative estimate of drug-likeness (QED) is 0.780. The third-order valence-corrected chi connectivity index (χ3v) is 2.85. The van der Waals surface area contributed by atoms with E-state index in [4.69, 9.17) is 4.52 Å². The van der Waals surface area contributed by atoms with Crippen LogP contribution in [-0.4, -0.2) is 16.6 Å². The van der Waals surface area contributed by atoms with Crippen LogP contribution in [0.4, 0.5) is 0 Å². The molecule has 0 atom stereocenters. The Morgan fingerprint density at radius 1 is 1.17 bits per heavy atom. The molecule has 0 saturated carbocycles. The molecule has 0 aliphatic carbocycles. The molecule has 1 aromatic heterocycles. The fourth-order valence-electron chi connectivity index (χ4n) is 2.09. The van der Waals surface area contributed by atoms with Crippen molar-refractivity contribution in [3.05, 3.63) is 53.4 Å². The minimum atomic E-state index is 0.847. The van der Waals surface area contributed by atoms with Crippen molar-refractivity contribution in [3.63, 3.8) is 0 Å². The first-order valence-corrected chi connectivity index (χ1v) is 6.46. The lowest BCUT2D eigenvalue weighted by Crippen LogP contribution is -2.23. The van der Waals surface area contributed by atoms with Crippen LogP contribution >= 0.6 is 0 Å². The molecular weight excluding hydrogens is 224 g/mol. The predicted octanol–water partition coefficient (Wildman–Crippen LogP) is 3.40. The van der Waals surface area contributed by atoms with Crippen LogP contribution in [0.15, 0.2) is 40.9 Å². The van der Waals surface area contributed by atoms with Gasteiger partial charge in [-0.3, -0.25) is 4.90 Å². The van der Waals surface area contributed by atoms with Crippen molar-refractivity contribution in [2.45, 2.75) is 33.4 Å². The largest absolute Gasteiger partial charge is 0.361 e. The number of benzene rings is 1. The smallest absolute Gasteiger partial charge is 0.133 e.